The van der Waals surface area contributed by atoms with Crippen LogP contribution in [0.15, 0.2) is 18.2 Å². The van der Waals surface area contributed by atoms with Crippen LogP contribution < -0.4 is 11.5 Å². The van der Waals surface area contributed by atoms with Crippen molar-refractivity contribution in [3.05, 3.63) is 29.3 Å². The topological polar surface area (TPSA) is 52.0 Å². The van der Waals surface area contributed by atoms with Gasteiger partial charge in [-0.2, -0.15) is 13.2 Å². The highest BCUT2D eigenvalue weighted by atomic mass is 35.5. The maximum atomic E-state index is 12.3. The first-order chi connectivity index (χ1) is 6.30. The van der Waals surface area contributed by atoms with Crippen molar-refractivity contribution in [1.82, 2.24) is 0 Å². The van der Waals surface area contributed by atoms with Crippen LogP contribution in [0, 0.1) is 0 Å². The molecule has 2 nitrogen and oxygen atoms in total. The summed E-state index contributed by atoms with van der Waals surface area (Å²) < 4.78 is 36.9. The zero-order chi connectivity index (χ0) is 10.9. The number of benzene rings is 1. The molecule has 0 amide bonds. The predicted octanol–water partition coefficient (Wildman–Crippen LogP) is 3.15. The normalized spacial score (nSPS) is 12.3. The fourth-order valence-electron chi connectivity index (χ4n) is 1.10. The van der Waals surface area contributed by atoms with E-state index in [1.807, 2.05) is 0 Å². The van der Waals surface area contributed by atoms with Crippen molar-refractivity contribution < 1.29 is 13.2 Å². The van der Waals surface area contributed by atoms with E-state index in [2.05, 4.69) is 0 Å². The number of rotatable bonds is 1. The second kappa shape index (κ2) is 6.18. The van der Waals surface area contributed by atoms with Crippen LogP contribution in [0.4, 0.5) is 18.9 Å². The van der Waals surface area contributed by atoms with Crippen molar-refractivity contribution in [3.63, 3.8) is 0 Å². The van der Waals surface area contributed by atoms with Gasteiger partial charge in [0.25, 0.3) is 0 Å². The van der Waals surface area contributed by atoms with Crippen molar-refractivity contribution in [1.29, 1.82) is 0 Å². The van der Waals surface area contributed by atoms with Crippen LogP contribution >= 0.6 is 24.8 Å². The lowest BCUT2D eigenvalue weighted by Gasteiger charge is -2.12. The van der Waals surface area contributed by atoms with Gasteiger partial charge < -0.3 is 11.5 Å². The van der Waals surface area contributed by atoms with E-state index in [1.54, 1.807) is 6.92 Å². The number of nitrogens with two attached hydrogens (primary N) is 2. The molecule has 0 aliphatic rings. The summed E-state index contributed by atoms with van der Waals surface area (Å²) >= 11 is 0. The Bertz CT molecular complexity index is 340. The summed E-state index contributed by atoms with van der Waals surface area (Å²) in [4.78, 5) is 0. The van der Waals surface area contributed by atoms with Crippen LogP contribution in [0.25, 0.3) is 0 Å². The maximum Gasteiger partial charge on any atom is 0.416 e. The van der Waals surface area contributed by atoms with Gasteiger partial charge >= 0.3 is 6.18 Å². The molecule has 0 aliphatic carbocycles. The molecule has 4 N–H and O–H groups in total. The summed E-state index contributed by atoms with van der Waals surface area (Å²) in [6.07, 6.45) is -4.38. The van der Waals surface area contributed by atoms with E-state index in [9.17, 15) is 13.2 Å². The molecule has 16 heavy (non-hydrogen) atoms. The Hall–Kier alpha value is -0.650. The van der Waals surface area contributed by atoms with Crippen LogP contribution in [0.1, 0.15) is 24.1 Å². The summed E-state index contributed by atoms with van der Waals surface area (Å²) in [5.74, 6) is 0. The molecule has 0 radical (unpaired) electrons. The lowest BCUT2D eigenvalue weighted by Crippen LogP contribution is -2.10. The largest absolute Gasteiger partial charge is 0.416 e. The van der Waals surface area contributed by atoms with E-state index in [1.165, 1.54) is 6.07 Å². The minimum absolute atomic E-state index is 0. The molecule has 0 aromatic heterocycles. The van der Waals surface area contributed by atoms with E-state index in [4.69, 9.17) is 11.5 Å². The highest BCUT2D eigenvalue weighted by molar-refractivity contribution is 5.85. The van der Waals surface area contributed by atoms with E-state index >= 15 is 0 Å². The van der Waals surface area contributed by atoms with Gasteiger partial charge in [-0.25, -0.2) is 0 Å². The number of anilines is 1. The number of hydrogen-bond donors (Lipinski definition) is 2. The first-order valence-corrected chi connectivity index (χ1v) is 4.04. The molecule has 7 heteroatoms. The van der Waals surface area contributed by atoms with Gasteiger partial charge in [0.2, 0.25) is 0 Å². The lowest BCUT2D eigenvalue weighted by molar-refractivity contribution is -0.137. The number of alkyl halides is 3. The highest BCUT2D eigenvalue weighted by Crippen LogP contribution is 2.32. The van der Waals surface area contributed by atoms with Gasteiger partial charge in [-0.3, -0.25) is 0 Å². The molecule has 0 fully saturated rings. The Morgan fingerprint density at radius 3 is 2.00 bits per heavy atom. The van der Waals surface area contributed by atoms with E-state index in [-0.39, 0.29) is 30.5 Å². The monoisotopic (exact) mass is 276 g/mol. The van der Waals surface area contributed by atoms with Gasteiger partial charge in [-0.05, 0) is 30.7 Å². The molecule has 0 saturated heterocycles. The molecule has 94 valence electrons. The quantitative estimate of drug-likeness (QED) is 0.775. The van der Waals surface area contributed by atoms with E-state index in [0.29, 0.717) is 5.56 Å². The molecule has 1 atom stereocenters. The average Bonchev–Trinajstić information content (AvgIpc) is 2.01. The van der Waals surface area contributed by atoms with Crippen molar-refractivity contribution in [2.45, 2.75) is 19.1 Å². The van der Waals surface area contributed by atoms with Crippen molar-refractivity contribution in [2.24, 2.45) is 5.73 Å². The fraction of sp³-hybridized carbons (Fsp3) is 0.333. The van der Waals surface area contributed by atoms with Crippen LogP contribution in [0.2, 0.25) is 0 Å². The van der Waals surface area contributed by atoms with Crippen molar-refractivity contribution in [2.75, 3.05) is 5.73 Å². The second-order valence-electron chi connectivity index (χ2n) is 3.17. The maximum absolute atomic E-state index is 12.3. The number of hydrogen-bond acceptors (Lipinski definition) is 2. The van der Waals surface area contributed by atoms with Gasteiger partial charge in [0.1, 0.15) is 0 Å². The predicted molar refractivity (Wildman–Crippen MR) is 63.0 cm³/mol. The molecule has 0 heterocycles. The van der Waals surface area contributed by atoms with Gasteiger partial charge in [-0.15, -0.1) is 24.8 Å². The third kappa shape index (κ3) is 4.47. The molecule has 1 aromatic carbocycles. The van der Waals surface area contributed by atoms with Crippen molar-refractivity contribution >= 4 is 30.5 Å². The van der Waals surface area contributed by atoms with Gasteiger partial charge in [0.05, 0.1) is 5.56 Å². The molecule has 0 aliphatic heterocycles. The second-order valence-corrected chi connectivity index (χ2v) is 3.17. The summed E-state index contributed by atoms with van der Waals surface area (Å²) in [6, 6.07) is 2.90. The van der Waals surface area contributed by atoms with E-state index < -0.39 is 17.8 Å². The summed E-state index contributed by atoms with van der Waals surface area (Å²) in [7, 11) is 0. The Morgan fingerprint density at radius 1 is 1.12 bits per heavy atom. The Morgan fingerprint density at radius 2 is 1.62 bits per heavy atom. The highest BCUT2D eigenvalue weighted by Gasteiger charge is 2.31. The van der Waals surface area contributed by atoms with Gasteiger partial charge in [0, 0.05) is 11.7 Å². The minimum Gasteiger partial charge on any atom is -0.399 e. The Kier molecular flexibility index (Phi) is 6.85. The average molecular weight is 277 g/mol. The molecule has 0 spiro atoms. The van der Waals surface area contributed by atoms with Crippen molar-refractivity contribution in [3.8, 4) is 0 Å². The fourth-order valence-corrected chi connectivity index (χ4v) is 1.10. The molecule has 1 rings (SSSR count). The van der Waals surface area contributed by atoms with Crippen LogP contribution in [-0.2, 0) is 6.18 Å². The van der Waals surface area contributed by atoms with Crippen LogP contribution in [0.5, 0.6) is 0 Å². The Balaban J connectivity index is 0. The summed E-state index contributed by atoms with van der Waals surface area (Å²) in [6.45, 7) is 1.61. The number of nitrogen functional groups attached to an aromatic ring is 1. The smallest absolute Gasteiger partial charge is 0.399 e. The zero-order valence-corrected chi connectivity index (χ0v) is 10.0. The van der Waals surface area contributed by atoms with Crippen LogP contribution in [0.3, 0.4) is 0 Å². The molecule has 0 saturated carbocycles. The SMILES string of the molecule is C[C@@H](N)c1cc(N)cc(C(F)(F)F)c1.Cl.Cl. The minimum atomic E-state index is -4.38. The zero-order valence-electron chi connectivity index (χ0n) is 8.41. The summed E-state index contributed by atoms with van der Waals surface area (Å²) in [5.41, 5.74) is 10.5. The lowest BCUT2D eigenvalue weighted by atomic mass is 10.0. The standard InChI is InChI=1S/C9H11F3N2.2ClH/c1-5(13)6-2-7(9(10,11)12)4-8(14)3-6;;/h2-5H,13-14H2,1H3;2*1H/t5-;;/m1../s1. The third-order valence-corrected chi connectivity index (χ3v) is 1.83. The summed E-state index contributed by atoms with van der Waals surface area (Å²) in [5, 5.41) is 0. The Labute approximate surface area is 104 Å². The van der Waals surface area contributed by atoms with Gasteiger partial charge in [-0.1, -0.05) is 0 Å². The van der Waals surface area contributed by atoms with Gasteiger partial charge in [0.15, 0.2) is 0 Å². The molecular weight excluding hydrogens is 264 g/mol. The molecule has 1 aromatic rings. The number of halogens is 5. The molecular formula is C9H13Cl2F3N2. The third-order valence-electron chi connectivity index (χ3n) is 1.83. The molecule has 0 unspecified atom stereocenters. The first-order valence-electron chi connectivity index (χ1n) is 4.04. The molecule has 0 bridgehead atoms. The first kappa shape index (κ1) is 17.7. The van der Waals surface area contributed by atoms with E-state index in [0.717, 1.165) is 12.1 Å². The van der Waals surface area contributed by atoms with Crippen LogP contribution in [-0.4, -0.2) is 0 Å².